The molecule has 2 rings (SSSR count). The summed E-state index contributed by atoms with van der Waals surface area (Å²) in [6.45, 7) is 9.63. The molecule has 1 aromatic rings. The van der Waals surface area contributed by atoms with Crippen LogP contribution in [0.3, 0.4) is 0 Å². The standard InChI is InChI=1S/C15H25N3O2S.ClH/c1-10-12(11(2)20-17-10)7-21-8-14(19)18-6-5-13(16)15(3,4)9-18;/h13H,5-9,16H2,1-4H3;1H. The van der Waals surface area contributed by atoms with Gasteiger partial charge in [0.05, 0.1) is 11.4 Å². The summed E-state index contributed by atoms with van der Waals surface area (Å²) in [7, 11) is 0. The van der Waals surface area contributed by atoms with E-state index >= 15 is 0 Å². The zero-order valence-electron chi connectivity index (χ0n) is 13.7. The summed E-state index contributed by atoms with van der Waals surface area (Å²) < 4.78 is 5.14. The van der Waals surface area contributed by atoms with Gasteiger partial charge in [-0.15, -0.1) is 24.2 Å². The smallest absolute Gasteiger partial charge is 0.232 e. The molecule has 0 aromatic carbocycles. The molecule has 1 aromatic heterocycles. The number of hydrogen-bond acceptors (Lipinski definition) is 5. The lowest BCUT2D eigenvalue weighted by molar-refractivity contribution is -0.131. The molecule has 1 aliphatic rings. The van der Waals surface area contributed by atoms with Crippen LogP contribution >= 0.6 is 24.2 Å². The van der Waals surface area contributed by atoms with Gasteiger partial charge in [-0.3, -0.25) is 4.79 Å². The number of piperidine rings is 1. The van der Waals surface area contributed by atoms with Gasteiger partial charge in [-0.1, -0.05) is 19.0 Å². The molecule has 0 aliphatic carbocycles. The largest absolute Gasteiger partial charge is 0.361 e. The Balaban J connectivity index is 0.00000242. The Bertz CT molecular complexity index is 499. The number of carbonyl (C=O) groups is 1. The minimum absolute atomic E-state index is 0. The number of thioether (sulfide) groups is 1. The van der Waals surface area contributed by atoms with Gasteiger partial charge < -0.3 is 15.2 Å². The highest BCUT2D eigenvalue weighted by Gasteiger charge is 2.35. The fraction of sp³-hybridized carbons (Fsp3) is 0.733. The summed E-state index contributed by atoms with van der Waals surface area (Å²) in [6, 6.07) is 0.177. The van der Waals surface area contributed by atoms with Gasteiger partial charge in [0.2, 0.25) is 5.91 Å². The van der Waals surface area contributed by atoms with Crippen molar-refractivity contribution in [2.24, 2.45) is 11.1 Å². The third-order valence-corrected chi connectivity index (χ3v) is 5.26. The van der Waals surface area contributed by atoms with E-state index in [0.717, 1.165) is 42.3 Å². The lowest BCUT2D eigenvalue weighted by Crippen LogP contribution is -2.54. The van der Waals surface area contributed by atoms with Crippen LogP contribution in [0.5, 0.6) is 0 Å². The average molecular weight is 348 g/mol. The second-order valence-corrected chi connectivity index (χ2v) is 7.48. The summed E-state index contributed by atoms with van der Waals surface area (Å²) >= 11 is 1.62. The maximum Gasteiger partial charge on any atom is 0.232 e. The number of carbonyl (C=O) groups excluding carboxylic acids is 1. The Morgan fingerprint density at radius 3 is 2.73 bits per heavy atom. The Hall–Kier alpha value is -0.720. The Labute approximate surface area is 142 Å². The molecule has 0 bridgehead atoms. The minimum atomic E-state index is 0. The molecule has 2 N–H and O–H groups in total. The van der Waals surface area contributed by atoms with Gasteiger partial charge in [-0.2, -0.15) is 0 Å². The van der Waals surface area contributed by atoms with Crippen LogP contribution < -0.4 is 5.73 Å². The van der Waals surface area contributed by atoms with Crippen molar-refractivity contribution in [3.8, 4) is 0 Å². The van der Waals surface area contributed by atoms with Crippen molar-refractivity contribution < 1.29 is 9.32 Å². The van der Waals surface area contributed by atoms with Gasteiger partial charge in [0.25, 0.3) is 0 Å². The van der Waals surface area contributed by atoms with Crippen LogP contribution in [0, 0.1) is 19.3 Å². The Kier molecular flexibility index (Phi) is 6.77. The summed E-state index contributed by atoms with van der Waals surface area (Å²) in [5.74, 6) is 2.31. The first-order valence-corrected chi connectivity index (χ1v) is 8.49. The SMILES string of the molecule is Cc1noc(C)c1CSCC(=O)N1CCC(N)C(C)(C)C1.Cl. The summed E-state index contributed by atoms with van der Waals surface area (Å²) in [4.78, 5) is 14.3. The van der Waals surface area contributed by atoms with Crippen LogP contribution in [0.25, 0.3) is 0 Å². The third kappa shape index (κ3) is 4.40. The van der Waals surface area contributed by atoms with E-state index < -0.39 is 0 Å². The van der Waals surface area contributed by atoms with E-state index in [1.165, 1.54) is 0 Å². The Morgan fingerprint density at radius 1 is 1.50 bits per heavy atom. The molecule has 1 unspecified atom stereocenters. The van der Waals surface area contributed by atoms with Crippen LogP contribution in [0.15, 0.2) is 4.52 Å². The molecule has 5 nitrogen and oxygen atoms in total. The monoisotopic (exact) mass is 347 g/mol. The van der Waals surface area contributed by atoms with Gasteiger partial charge in [-0.25, -0.2) is 0 Å². The van der Waals surface area contributed by atoms with E-state index in [-0.39, 0.29) is 29.8 Å². The molecule has 1 aliphatic heterocycles. The highest BCUT2D eigenvalue weighted by atomic mass is 35.5. The van der Waals surface area contributed by atoms with Crippen LogP contribution in [0.4, 0.5) is 0 Å². The van der Waals surface area contributed by atoms with E-state index in [1.807, 2.05) is 18.7 Å². The van der Waals surface area contributed by atoms with Crippen molar-refractivity contribution in [3.63, 3.8) is 0 Å². The molecule has 126 valence electrons. The highest BCUT2D eigenvalue weighted by Crippen LogP contribution is 2.28. The first-order chi connectivity index (χ1) is 9.81. The average Bonchev–Trinajstić information content (AvgIpc) is 2.73. The van der Waals surface area contributed by atoms with Gasteiger partial charge in [0.15, 0.2) is 0 Å². The number of halogens is 1. The predicted octanol–water partition coefficient (Wildman–Crippen LogP) is 2.53. The number of nitrogens with two attached hydrogens (primary N) is 1. The Morgan fingerprint density at radius 2 is 2.18 bits per heavy atom. The zero-order valence-corrected chi connectivity index (χ0v) is 15.4. The molecule has 0 saturated carbocycles. The van der Waals surface area contributed by atoms with Crippen LogP contribution in [0.1, 0.15) is 37.3 Å². The van der Waals surface area contributed by atoms with E-state index in [1.54, 1.807) is 11.8 Å². The van der Waals surface area contributed by atoms with Crippen molar-refractivity contribution in [1.29, 1.82) is 0 Å². The van der Waals surface area contributed by atoms with E-state index in [4.69, 9.17) is 10.3 Å². The minimum Gasteiger partial charge on any atom is -0.361 e. The lowest BCUT2D eigenvalue weighted by atomic mass is 9.80. The van der Waals surface area contributed by atoms with Gasteiger partial charge >= 0.3 is 0 Å². The van der Waals surface area contributed by atoms with Crippen molar-refractivity contribution in [1.82, 2.24) is 10.1 Å². The molecule has 1 amide bonds. The topological polar surface area (TPSA) is 72.4 Å². The number of aromatic nitrogens is 1. The van der Waals surface area contributed by atoms with E-state index in [0.29, 0.717) is 5.75 Å². The molecule has 0 spiro atoms. The first kappa shape index (κ1) is 19.3. The van der Waals surface area contributed by atoms with Crippen LogP contribution in [0.2, 0.25) is 0 Å². The van der Waals surface area contributed by atoms with Crippen LogP contribution in [-0.2, 0) is 10.5 Å². The molecule has 7 heteroatoms. The molecule has 1 atom stereocenters. The quantitative estimate of drug-likeness (QED) is 0.906. The van der Waals surface area contributed by atoms with Crippen molar-refractivity contribution in [2.75, 3.05) is 18.8 Å². The molecule has 1 saturated heterocycles. The number of hydrogen-bond donors (Lipinski definition) is 1. The highest BCUT2D eigenvalue weighted by molar-refractivity contribution is 7.99. The van der Waals surface area contributed by atoms with Crippen molar-refractivity contribution >= 4 is 30.1 Å². The van der Waals surface area contributed by atoms with Gasteiger partial charge in [-0.05, 0) is 25.7 Å². The second kappa shape index (κ2) is 7.70. The van der Waals surface area contributed by atoms with Gasteiger partial charge in [0, 0.05) is 30.4 Å². The summed E-state index contributed by atoms with van der Waals surface area (Å²) in [6.07, 6.45) is 0.882. The number of likely N-dealkylation sites (tertiary alicyclic amines) is 1. The van der Waals surface area contributed by atoms with Crippen LogP contribution in [-0.4, -0.2) is 40.8 Å². The number of rotatable bonds is 4. The molecular formula is C15H26ClN3O2S. The molecule has 1 fully saturated rings. The molecular weight excluding hydrogens is 322 g/mol. The number of aryl methyl sites for hydroxylation is 2. The first-order valence-electron chi connectivity index (χ1n) is 7.34. The molecule has 22 heavy (non-hydrogen) atoms. The second-order valence-electron chi connectivity index (χ2n) is 6.49. The fourth-order valence-corrected chi connectivity index (χ4v) is 3.70. The van der Waals surface area contributed by atoms with E-state index in [2.05, 4.69) is 19.0 Å². The van der Waals surface area contributed by atoms with Gasteiger partial charge in [0.1, 0.15) is 5.76 Å². The summed E-state index contributed by atoms with van der Waals surface area (Å²) in [5, 5.41) is 3.93. The zero-order chi connectivity index (χ0) is 15.6. The number of nitrogens with zero attached hydrogens (tertiary/aromatic N) is 2. The summed E-state index contributed by atoms with van der Waals surface area (Å²) in [5.41, 5.74) is 8.13. The third-order valence-electron chi connectivity index (χ3n) is 4.32. The molecule has 0 radical (unpaired) electrons. The predicted molar refractivity (Wildman–Crippen MR) is 92.3 cm³/mol. The van der Waals surface area contributed by atoms with Crippen molar-refractivity contribution in [2.45, 2.75) is 45.9 Å². The fourth-order valence-electron chi connectivity index (χ4n) is 2.63. The maximum atomic E-state index is 12.3. The normalized spacial score (nSPS) is 20.6. The number of amides is 1. The maximum absolute atomic E-state index is 12.3. The van der Waals surface area contributed by atoms with E-state index in [9.17, 15) is 4.79 Å². The van der Waals surface area contributed by atoms with Crippen molar-refractivity contribution in [3.05, 3.63) is 17.0 Å². The lowest BCUT2D eigenvalue weighted by Gasteiger charge is -2.42. The molecule has 2 heterocycles.